The maximum absolute atomic E-state index is 11.9. The molecule has 18 heteroatoms. The van der Waals surface area contributed by atoms with E-state index in [1.54, 1.807) is 31.4 Å². The smallest absolute Gasteiger partial charge is 0.327 e. The second-order valence-electron chi connectivity index (χ2n) is 16.0. The van der Waals surface area contributed by atoms with Gasteiger partial charge in [-0.05, 0) is 87.5 Å². The Bertz CT molecular complexity index is 1310. The molecule has 0 aromatic rings. The minimum absolute atomic E-state index is 0.00231. The third-order valence-electron chi connectivity index (χ3n) is 11.0. The number of hydrogen-bond acceptors (Lipinski definition) is 10. The molecular formula is C37H58N8O9S. The van der Waals surface area contributed by atoms with Crippen molar-refractivity contribution in [3.8, 4) is 0 Å². The van der Waals surface area contributed by atoms with E-state index in [1.807, 2.05) is 55.4 Å². The predicted octanol–water partition coefficient (Wildman–Crippen LogP) is 2.87. The van der Waals surface area contributed by atoms with Crippen molar-refractivity contribution in [3.05, 3.63) is 0 Å². The van der Waals surface area contributed by atoms with Crippen LogP contribution in [0.5, 0.6) is 0 Å². The molecule has 0 bridgehead atoms. The Kier molecular flexibility index (Phi) is 13.4. The van der Waals surface area contributed by atoms with Crippen LogP contribution in [0.3, 0.4) is 0 Å². The number of nitrogens with zero attached hydrogens (tertiary/aromatic N) is 8. The molecule has 8 rings (SSSR count). The summed E-state index contributed by atoms with van der Waals surface area (Å²) in [6, 6.07) is -1.43. The molecule has 17 nitrogen and oxygen atoms in total. The first-order chi connectivity index (χ1) is 26.0. The predicted molar refractivity (Wildman–Crippen MR) is 203 cm³/mol. The summed E-state index contributed by atoms with van der Waals surface area (Å²) in [4.78, 5) is 106. The van der Waals surface area contributed by atoms with Crippen LogP contribution in [0.25, 0.3) is 0 Å². The zero-order valence-electron chi connectivity index (χ0n) is 33.5. The minimum Gasteiger partial charge on any atom is -0.377 e. The van der Waals surface area contributed by atoms with Gasteiger partial charge < -0.3 is 24.3 Å². The lowest BCUT2D eigenvalue weighted by atomic mass is 10.0. The number of fused-ring (bicyclic) bond motifs is 4. The minimum atomic E-state index is -0.376. The molecule has 4 unspecified atom stereocenters. The van der Waals surface area contributed by atoms with E-state index in [9.17, 15) is 38.4 Å². The molecule has 0 radical (unpaired) electrons. The van der Waals surface area contributed by atoms with E-state index in [1.165, 1.54) is 19.6 Å². The average molecular weight is 791 g/mol. The summed E-state index contributed by atoms with van der Waals surface area (Å²) in [6.45, 7) is 18.6. The molecule has 8 aliphatic rings. The van der Waals surface area contributed by atoms with Crippen molar-refractivity contribution in [1.29, 1.82) is 0 Å². The zero-order valence-corrected chi connectivity index (χ0v) is 34.3. The molecule has 0 aliphatic carbocycles. The number of imide groups is 4. The lowest BCUT2D eigenvalue weighted by Gasteiger charge is -2.26. The van der Waals surface area contributed by atoms with Gasteiger partial charge in [0, 0.05) is 61.9 Å². The number of rotatable bonds is 4. The SMILES string of the molecule is CC(C)N1C(=O)C2CCCCN2C1=O.CC(C)N1C(=O)C2CCCN2C1=O.CC(C)N1C(=O)C2COCCN2C1=O.CC(C)N1C(=O)C2CSCCN2C1=O. The van der Waals surface area contributed by atoms with Crippen LogP contribution in [0.15, 0.2) is 0 Å². The molecule has 8 aliphatic heterocycles. The standard InChI is InChI=1S/C10H16N2O2.C9H14N2O3.C9H14N2O2S.C9H14N2O2/c1-7(2)12-9(13)8-5-3-4-6-11(8)10(12)14;2*1-6(2)11-8(12)7-5-14-4-3-10(7)9(11)13;1-6(2)11-8(12)7-4-3-5-10(7)9(11)13/h7-8H,3-6H2,1-2H3;2*6-7H,3-5H2,1-2H3;6-7H,3-5H2,1-2H3. The van der Waals surface area contributed by atoms with Crippen molar-refractivity contribution < 1.29 is 43.1 Å². The van der Waals surface area contributed by atoms with Gasteiger partial charge in [0.05, 0.1) is 13.2 Å². The quantitative estimate of drug-likeness (QED) is 0.386. The summed E-state index contributed by atoms with van der Waals surface area (Å²) in [5.41, 5.74) is 0. The van der Waals surface area contributed by atoms with Gasteiger partial charge in [-0.2, -0.15) is 11.8 Å². The van der Waals surface area contributed by atoms with Crippen LogP contribution in [0, 0.1) is 0 Å². The summed E-state index contributed by atoms with van der Waals surface area (Å²) in [7, 11) is 0. The number of urea groups is 4. The molecule has 8 fully saturated rings. The Balaban J connectivity index is 0.000000141. The molecule has 0 spiro atoms. The van der Waals surface area contributed by atoms with E-state index in [4.69, 9.17) is 4.74 Å². The molecule has 0 aromatic heterocycles. The molecule has 8 saturated heterocycles. The molecule has 55 heavy (non-hydrogen) atoms. The van der Waals surface area contributed by atoms with Crippen molar-refractivity contribution >= 4 is 59.5 Å². The maximum Gasteiger partial charge on any atom is 0.327 e. The van der Waals surface area contributed by atoms with Crippen molar-refractivity contribution in [1.82, 2.24) is 39.2 Å². The van der Waals surface area contributed by atoms with Crippen LogP contribution in [0.1, 0.15) is 87.5 Å². The number of carbonyl (C=O) groups is 8. The molecule has 0 saturated carbocycles. The summed E-state index contributed by atoms with van der Waals surface area (Å²) in [5, 5.41) is 0. The van der Waals surface area contributed by atoms with Gasteiger partial charge in [-0.1, -0.05) is 0 Å². The van der Waals surface area contributed by atoms with E-state index in [-0.39, 0.29) is 96.1 Å². The van der Waals surface area contributed by atoms with Crippen LogP contribution in [0.4, 0.5) is 19.2 Å². The Labute approximate surface area is 327 Å². The van der Waals surface area contributed by atoms with Crippen molar-refractivity contribution in [2.75, 3.05) is 50.9 Å². The van der Waals surface area contributed by atoms with Crippen LogP contribution in [-0.4, -0.2) is 186 Å². The molecule has 0 aromatic carbocycles. The highest BCUT2D eigenvalue weighted by Crippen LogP contribution is 2.30. The van der Waals surface area contributed by atoms with Gasteiger partial charge in [-0.15, -0.1) is 0 Å². The summed E-state index contributed by atoms with van der Waals surface area (Å²) in [5.74, 6) is 1.57. The summed E-state index contributed by atoms with van der Waals surface area (Å²) < 4.78 is 5.19. The molecule has 8 heterocycles. The van der Waals surface area contributed by atoms with E-state index in [0.29, 0.717) is 26.3 Å². The van der Waals surface area contributed by atoms with E-state index < -0.39 is 0 Å². The van der Waals surface area contributed by atoms with Gasteiger partial charge in [0.2, 0.25) is 0 Å². The van der Waals surface area contributed by atoms with Crippen LogP contribution in [-0.2, 0) is 23.9 Å². The number of thioether (sulfide) groups is 1. The third kappa shape index (κ3) is 8.16. The second kappa shape index (κ2) is 17.5. The number of morpholine rings is 1. The first kappa shape index (κ1) is 42.2. The van der Waals surface area contributed by atoms with Gasteiger partial charge in [-0.25, -0.2) is 19.2 Å². The molecular weight excluding hydrogens is 733 g/mol. The molecule has 306 valence electrons. The highest BCUT2D eigenvalue weighted by molar-refractivity contribution is 7.99. The van der Waals surface area contributed by atoms with Gasteiger partial charge in [-0.3, -0.25) is 38.8 Å². The van der Waals surface area contributed by atoms with Crippen LogP contribution < -0.4 is 0 Å². The van der Waals surface area contributed by atoms with Gasteiger partial charge >= 0.3 is 24.1 Å². The fourth-order valence-corrected chi connectivity index (χ4v) is 9.26. The van der Waals surface area contributed by atoms with Gasteiger partial charge in [0.25, 0.3) is 23.6 Å². The van der Waals surface area contributed by atoms with Crippen molar-refractivity contribution in [2.24, 2.45) is 0 Å². The Morgan fingerprint density at radius 2 is 0.855 bits per heavy atom. The lowest BCUT2D eigenvalue weighted by molar-refractivity contribution is -0.132. The van der Waals surface area contributed by atoms with Gasteiger partial charge in [0.1, 0.15) is 24.2 Å². The number of ether oxygens (including phenoxy) is 1. The molecule has 0 N–H and O–H groups in total. The van der Waals surface area contributed by atoms with E-state index in [0.717, 1.165) is 56.7 Å². The highest BCUT2D eigenvalue weighted by Gasteiger charge is 2.50. The molecule has 4 atom stereocenters. The van der Waals surface area contributed by atoms with Crippen LogP contribution in [0.2, 0.25) is 0 Å². The summed E-state index contributed by atoms with van der Waals surface area (Å²) in [6.07, 6.45) is 4.74. The first-order valence-corrected chi connectivity index (χ1v) is 20.9. The van der Waals surface area contributed by atoms with E-state index >= 15 is 0 Å². The summed E-state index contributed by atoms with van der Waals surface area (Å²) >= 11 is 1.75. The topological polar surface area (TPSA) is 172 Å². The number of amides is 12. The molecule has 12 amide bonds. The lowest BCUT2D eigenvalue weighted by Crippen LogP contribution is -2.45. The number of hydrogen-bond donors (Lipinski definition) is 0. The monoisotopic (exact) mass is 790 g/mol. The third-order valence-corrected chi connectivity index (χ3v) is 12.0. The zero-order chi connectivity index (χ0) is 40.5. The van der Waals surface area contributed by atoms with Crippen molar-refractivity contribution in [2.45, 2.75) is 136 Å². The maximum atomic E-state index is 11.9. The van der Waals surface area contributed by atoms with E-state index in [2.05, 4.69) is 0 Å². The fourth-order valence-electron chi connectivity index (χ4n) is 8.22. The van der Waals surface area contributed by atoms with Crippen molar-refractivity contribution in [3.63, 3.8) is 0 Å². The fraction of sp³-hybridized carbons (Fsp3) is 0.784. The Morgan fingerprint density at radius 3 is 1.27 bits per heavy atom. The van der Waals surface area contributed by atoms with Crippen LogP contribution >= 0.6 is 11.8 Å². The Morgan fingerprint density at radius 1 is 0.473 bits per heavy atom. The highest BCUT2D eigenvalue weighted by atomic mass is 32.2. The first-order valence-electron chi connectivity index (χ1n) is 19.7. The number of piperidine rings is 1. The second-order valence-corrected chi connectivity index (χ2v) is 17.1. The average Bonchev–Trinajstić information content (AvgIpc) is 3.91. The largest absolute Gasteiger partial charge is 0.377 e. The normalized spacial score (nSPS) is 27.6. The Hall–Kier alpha value is -3.93. The number of carbonyl (C=O) groups excluding carboxylic acids is 8. The van der Waals surface area contributed by atoms with Gasteiger partial charge in [0.15, 0.2) is 0 Å².